The Kier molecular flexibility index (Phi) is 8.99. The number of amides is 1. The lowest BCUT2D eigenvalue weighted by atomic mass is 9.83. The third-order valence-corrected chi connectivity index (χ3v) is 8.44. The Labute approximate surface area is 230 Å². The minimum Gasteiger partial charge on any atom is -0.496 e. The minimum atomic E-state index is -0.403. The van der Waals surface area contributed by atoms with E-state index in [-0.39, 0.29) is 5.91 Å². The van der Waals surface area contributed by atoms with Crippen LogP contribution in [0.3, 0.4) is 0 Å². The summed E-state index contributed by atoms with van der Waals surface area (Å²) < 4.78 is 16.6. The highest BCUT2D eigenvalue weighted by Crippen LogP contribution is 2.34. The maximum atomic E-state index is 13.6. The number of ether oxygens (including phenoxy) is 2. The summed E-state index contributed by atoms with van der Waals surface area (Å²) in [4.78, 5) is 30.6. The van der Waals surface area contributed by atoms with Crippen LogP contribution in [0.5, 0.6) is 5.75 Å². The van der Waals surface area contributed by atoms with Crippen molar-refractivity contribution < 1.29 is 18.7 Å². The van der Waals surface area contributed by atoms with Crippen LogP contribution in [-0.2, 0) is 16.0 Å². The van der Waals surface area contributed by atoms with Gasteiger partial charge < -0.3 is 23.7 Å². The van der Waals surface area contributed by atoms with Crippen molar-refractivity contribution in [2.24, 2.45) is 5.92 Å². The van der Waals surface area contributed by atoms with Crippen molar-refractivity contribution in [1.82, 2.24) is 9.80 Å². The van der Waals surface area contributed by atoms with Crippen LogP contribution in [0.1, 0.15) is 44.1 Å². The van der Waals surface area contributed by atoms with Crippen molar-refractivity contribution in [1.29, 1.82) is 0 Å². The summed E-state index contributed by atoms with van der Waals surface area (Å²) in [5.41, 5.74) is 2.75. The van der Waals surface area contributed by atoms with Gasteiger partial charge in [0.15, 0.2) is 0 Å². The van der Waals surface area contributed by atoms with Crippen LogP contribution in [0.2, 0.25) is 0 Å². The topological polar surface area (TPSA) is 72.2 Å². The van der Waals surface area contributed by atoms with Gasteiger partial charge in [-0.25, -0.2) is 4.79 Å². The molecule has 2 aromatic carbocycles. The normalized spacial score (nSPS) is 19.5. The highest BCUT2D eigenvalue weighted by atomic mass is 16.5. The van der Waals surface area contributed by atoms with Crippen molar-refractivity contribution >= 4 is 16.9 Å². The molecular formula is C32H40N2O5. The fourth-order valence-electron chi connectivity index (χ4n) is 6.47. The molecule has 5 rings (SSSR count). The van der Waals surface area contributed by atoms with Gasteiger partial charge in [0.1, 0.15) is 11.3 Å². The molecule has 0 bridgehead atoms. The number of rotatable bonds is 10. The maximum absolute atomic E-state index is 13.6. The van der Waals surface area contributed by atoms with E-state index in [9.17, 15) is 9.59 Å². The van der Waals surface area contributed by atoms with Gasteiger partial charge in [-0.3, -0.25) is 4.79 Å². The molecule has 0 aliphatic carbocycles. The predicted molar refractivity (Wildman–Crippen MR) is 153 cm³/mol. The summed E-state index contributed by atoms with van der Waals surface area (Å²) in [5, 5.41) is 0.833. The number of hydrogen-bond donors (Lipinski definition) is 0. The Balaban J connectivity index is 1.36. The van der Waals surface area contributed by atoms with Gasteiger partial charge >= 0.3 is 5.63 Å². The van der Waals surface area contributed by atoms with Crippen LogP contribution < -0.4 is 10.4 Å². The largest absolute Gasteiger partial charge is 0.496 e. The zero-order chi connectivity index (χ0) is 27.2. The Morgan fingerprint density at radius 1 is 1.05 bits per heavy atom. The molecule has 0 saturated carbocycles. The number of carbonyl (C=O) groups excluding carboxylic acids is 1. The standard InChI is InChI=1S/C32H40N2O5/c1-37-18-17-34(22-25-11-8-16-33-15-7-6-12-28(25)33)31(35)14-13-24-19-27-26(23-9-4-3-5-10-23)20-32(36)39-30(27)21-29(24)38-2/h3-5,9-10,19-21,25,28H,6-8,11-18,22H2,1-2H3/t25-,28+/m1/s1. The molecule has 2 aliphatic heterocycles. The van der Waals surface area contributed by atoms with E-state index in [1.54, 1.807) is 20.3 Å². The van der Waals surface area contributed by atoms with Crippen LogP contribution in [0.25, 0.3) is 22.1 Å². The van der Waals surface area contributed by atoms with Crippen molar-refractivity contribution in [3.63, 3.8) is 0 Å². The Morgan fingerprint density at radius 3 is 2.67 bits per heavy atom. The van der Waals surface area contributed by atoms with E-state index in [1.165, 1.54) is 51.3 Å². The van der Waals surface area contributed by atoms with Crippen molar-refractivity contribution in [2.75, 3.05) is 47.0 Å². The van der Waals surface area contributed by atoms with E-state index < -0.39 is 5.63 Å². The molecule has 0 unspecified atom stereocenters. The molecule has 1 amide bonds. The molecule has 0 N–H and O–H groups in total. The molecule has 7 nitrogen and oxygen atoms in total. The smallest absolute Gasteiger partial charge is 0.336 e. The molecule has 1 aromatic heterocycles. The second kappa shape index (κ2) is 12.8. The van der Waals surface area contributed by atoms with E-state index in [4.69, 9.17) is 13.9 Å². The zero-order valence-electron chi connectivity index (χ0n) is 23.2. The molecule has 39 heavy (non-hydrogen) atoms. The van der Waals surface area contributed by atoms with Crippen molar-refractivity contribution in [3.8, 4) is 16.9 Å². The van der Waals surface area contributed by atoms with E-state index in [2.05, 4.69) is 4.90 Å². The first-order chi connectivity index (χ1) is 19.1. The molecular weight excluding hydrogens is 492 g/mol. The lowest BCUT2D eigenvalue weighted by Crippen LogP contribution is -2.52. The number of aryl methyl sites for hydroxylation is 1. The van der Waals surface area contributed by atoms with Crippen molar-refractivity contribution in [3.05, 3.63) is 64.5 Å². The summed E-state index contributed by atoms with van der Waals surface area (Å²) in [6.07, 6.45) is 7.13. The quantitative estimate of drug-likeness (QED) is 0.337. The maximum Gasteiger partial charge on any atom is 0.336 e. The average Bonchev–Trinajstić information content (AvgIpc) is 2.97. The lowest BCUT2D eigenvalue weighted by Gasteiger charge is -2.45. The van der Waals surface area contributed by atoms with Gasteiger partial charge in [0.05, 0.1) is 13.7 Å². The first-order valence-electron chi connectivity index (χ1n) is 14.3. The monoisotopic (exact) mass is 532 g/mol. The highest BCUT2D eigenvalue weighted by molar-refractivity contribution is 5.94. The van der Waals surface area contributed by atoms with Crippen LogP contribution in [-0.4, -0.2) is 68.8 Å². The van der Waals surface area contributed by atoms with Gasteiger partial charge in [-0.1, -0.05) is 36.8 Å². The van der Waals surface area contributed by atoms with Crippen LogP contribution in [0.4, 0.5) is 0 Å². The van der Waals surface area contributed by atoms with Crippen LogP contribution >= 0.6 is 0 Å². The number of carbonyl (C=O) groups is 1. The number of fused-ring (bicyclic) bond motifs is 2. The molecule has 2 aliphatic rings. The number of hydrogen-bond acceptors (Lipinski definition) is 6. The summed E-state index contributed by atoms with van der Waals surface area (Å²) in [7, 11) is 3.30. The summed E-state index contributed by atoms with van der Waals surface area (Å²) in [6.45, 7) is 4.32. The molecule has 3 aromatic rings. The SMILES string of the molecule is COCCN(C[C@H]1CCCN2CCCC[C@@H]12)C(=O)CCc1cc2c(-c3ccccc3)cc(=O)oc2cc1OC. The first kappa shape index (κ1) is 27.4. The molecule has 0 radical (unpaired) electrons. The molecule has 208 valence electrons. The molecule has 0 spiro atoms. The fraction of sp³-hybridized carbons (Fsp3) is 0.500. The third kappa shape index (κ3) is 6.36. The number of benzene rings is 2. The van der Waals surface area contributed by atoms with E-state index in [0.29, 0.717) is 49.3 Å². The summed E-state index contributed by atoms with van der Waals surface area (Å²) in [6, 6.07) is 15.7. The number of piperidine rings is 2. The average molecular weight is 533 g/mol. The van der Waals surface area contributed by atoms with Crippen LogP contribution in [0, 0.1) is 5.92 Å². The molecule has 3 heterocycles. The number of methoxy groups -OCH3 is 2. The second-order valence-corrected chi connectivity index (χ2v) is 10.8. The number of nitrogens with zero attached hydrogens (tertiary/aromatic N) is 2. The highest BCUT2D eigenvalue weighted by Gasteiger charge is 2.34. The molecule has 2 fully saturated rings. The molecule has 7 heteroatoms. The van der Waals surface area contributed by atoms with Gasteiger partial charge in [0, 0.05) is 50.2 Å². The molecule has 2 saturated heterocycles. The van der Waals surface area contributed by atoms with E-state index in [1.807, 2.05) is 41.3 Å². The fourth-order valence-corrected chi connectivity index (χ4v) is 6.47. The van der Waals surface area contributed by atoms with Gasteiger partial charge in [0.25, 0.3) is 0 Å². The summed E-state index contributed by atoms with van der Waals surface area (Å²) in [5.74, 6) is 1.29. The Hall–Kier alpha value is -3.16. The van der Waals surface area contributed by atoms with Gasteiger partial charge in [-0.2, -0.15) is 0 Å². The van der Waals surface area contributed by atoms with Gasteiger partial charge in [-0.15, -0.1) is 0 Å². The van der Waals surface area contributed by atoms with Gasteiger partial charge in [0.2, 0.25) is 5.91 Å². The Morgan fingerprint density at radius 2 is 1.87 bits per heavy atom. The lowest BCUT2D eigenvalue weighted by molar-refractivity contribution is -0.133. The summed E-state index contributed by atoms with van der Waals surface area (Å²) >= 11 is 0. The Bertz CT molecular complexity index is 1320. The predicted octanol–water partition coefficient (Wildman–Crippen LogP) is 5.14. The van der Waals surface area contributed by atoms with Crippen molar-refractivity contribution in [2.45, 2.75) is 51.0 Å². The van der Waals surface area contributed by atoms with Gasteiger partial charge in [-0.05, 0) is 73.9 Å². The van der Waals surface area contributed by atoms with Crippen LogP contribution in [0.15, 0.2) is 57.7 Å². The zero-order valence-corrected chi connectivity index (χ0v) is 23.2. The van der Waals surface area contributed by atoms with E-state index in [0.717, 1.165) is 28.6 Å². The second-order valence-electron chi connectivity index (χ2n) is 10.8. The molecule has 2 atom stereocenters. The first-order valence-corrected chi connectivity index (χ1v) is 14.3. The van der Waals surface area contributed by atoms with E-state index >= 15 is 0 Å². The third-order valence-electron chi connectivity index (χ3n) is 8.44. The minimum absolute atomic E-state index is 0.144.